The van der Waals surface area contributed by atoms with E-state index in [0.717, 1.165) is 4.90 Å². The maximum atomic E-state index is 12.9. The Morgan fingerprint density at radius 2 is 1.70 bits per heavy atom. The maximum absolute atomic E-state index is 12.9. The molecular weight excluding hydrogens is 441 g/mol. The number of para-hydroxylation sites is 2. The Balaban J connectivity index is 2.10. The van der Waals surface area contributed by atoms with Gasteiger partial charge in [-0.1, -0.05) is 25.5 Å². The highest BCUT2D eigenvalue weighted by atomic mass is 19.4. The lowest BCUT2D eigenvalue weighted by atomic mass is 10.1. The molecule has 0 radical (unpaired) electrons. The number of benzene rings is 2. The number of hydrogen-bond acceptors (Lipinski definition) is 5. The van der Waals surface area contributed by atoms with Crippen LogP contribution in [0.15, 0.2) is 42.5 Å². The molecule has 0 atom stereocenters. The van der Waals surface area contributed by atoms with Crippen molar-refractivity contribution < 1.29 is 37.0 Å². The summed E-state index contributed by atoms with van der Waals surface area (Å²) in [6.45, 7) is 0.113. The smallest absolute Gasteiger partial charge is 0.406 e. The van der Waals surface area contributed by atoms with Gasteiger partial charge in [-0.25, -0.2) is 0 Å². The largest absolute Gasteiger partial charge is 0.495 e. The van der Waals surface area contributed by atoms with Crippen LogP contribution in [0.3, 0.4) is 0 Å². The van der Waals surface area contributed by atoms with Crippen molar-refractivity contribution in [1.29, 1.82) is 0 Å². The van der Waals surface area contributed by atoms with Crippen molar-refractivity contribution in [3.8, 4) is 17.2 Å². The fourth-order valence-electron chi connectivity index (χ4n) is 3.00. The normalized spacial score (nSPS) is 11.0. The van der Waals surface area contributed by atoms with E-state index in [1.807, 2.05) is 6.92 Å². The van der Waals surface area contributed by atoms with Gasteiger partial charge in [-0.05, 0) is 36.8 Å². The fraction of sp³-hybridized carbons (Fsp3) is 0.391. The van der Waals surface area contributed by atoms with Crippen LogP contribution in [0.4, 0.5) is 18.9 Å². The van der Waals surface area contributed by atoms with E-state index in [-0.39, 0.29) is 30.2 Å². The minimum Gasteiger partial charge on any atom is -0.495 e. The van der Waals surface area contributed by atoms with Crippen LogP contribution in [-0.4, -0.2) is 56.8 Å². The van der Waals surface area contributed by atoms with Gasteiger partial charge in [0, 0.05) is 12.1 Å². The third-order valence-electron chi connectivity index (χ3n) is 4.59. The zero-order valence-corrected chi connectivity index (χ0v) is 18.7. The van der Waals surface area contributed by atoms with Crippen LogP contribution in [0.2, 0.25) is 0 Å². The van der Waals surface area contributed by atoms with Crippen LogP contribution in [0, 0.1) is 0 Å². The number of halogens is 3. The van der Waals surface area contributed by atoms with Gasteiger partial charge in [0.15, 0.2) is 18.1 Å². The number of amides is 2. The lowest BCUT2D eigenvalue weighted by Gasteiger charge is -2.24. The van der Waals surface area contributed by atoms with E-state index in [9.17, 15) is 22.8 Å². The molecule has 0 fully saturated rings. The molecule has 0 unspecified atom stereocenters. The van der Waals surface area contributed by atoms with Crippen molar-refractivity contribution in [2.24, 2.45) is 0 Å². The molecule has 0 aliphatic rings. The van der Waals surface area contributed by atoms with Gasteiger partial charge in [0.2, 0.25) is 0 Å². The predicted octanol–water partition coefficient (Wildman–Crippen LogP) is 4.53. The Morgan fingerprint density at radius 3 is 2.33 bits per heavy atom. The molecule has 2 rings (SSSR count). The quantitative estimate of drug-likeness (QED) is 0.525. The Kier molecular flexibility index (Phi) is 9.38. The SMILES string of the molecule is CCCCN(CC(F)(F)F)C(=O)c1ccc(OCC(=O)Nc2ccccc2OC)c(OC)c1. The van der Waals surface area contributed by atoms with Crippen LogP contribution in [0.25, 0.3) is 0 Å². The highest BCUT2D eigenvalue weighted by molar-refractivity contribution is 5.95. The van der Waals surface area contributed by atoms with Gasteiger partial charge in [0.05, 0.1) is 19.9 Å². The maximum Gasteiger partial charge on any atom is 0.406 e. The third kappa shape index (κ3) is 7.89. The van der Waals surface area contributed by atoms with Crippen LogP contribution in [-0.2, 0) is 4.79 Å². The second kappa shape index (κ2) is 12.0. The highest BCUT2D eigenvalue weighted by Crippen LogP contribution is 2.29. The molecule has 1 N–H and O–H groups in total. The average molecular weight is 468 g/mol. The summed E-state index contributed by atoms with van der Waals surface area (Å²) in [4.78, 5) is 25.7. The first kappa shape index (κ1) is 25.8. The zero-order valence-electron chi connectivity index (χ0n) is 18.7. The Hall–Kier alpha value is -3.43. The van der Waals surface area contributed by atoms with Crippen molar-refractivity contribution >= 4 is 17.5 Å². The number of carbonyl (C=O) groups excluding carboxylic acids is 2. The van der Waals surface area contributed by atoms with Crippen LogP contribution in [0.5, 0.6) is 17.2 Å². The van der Waals surface area contributed by atoms with E-state index in [0.29, 0.717) is 24.3 Å². The standard InChI is InChI=1S/C23H27F3N2O5/c1-4-5-12-28(15-23(24,25)26)22(30)16-10-11-19(20(13-16)32-3)33-14-21(29)27-17-8-6-7-9-18(17)31-2/h6-11,13H,4-5,12,14-15H2,1-3H3,(H,27,29). The van der Waals surface area contributed by atoms with E-state index in [4.69, 9.17) is 14.2 Å². The van der Waals surface area contributed by atoms with Crippen molar-refractivity contribution in [2.75, 3.05) is 39.2 Å². The molecule has 0 heterocycles. The minimum absolute atomic E-state index is 0.0153. The Labute approximate surface area is 190 Å². The van der Waals surface area contributed by atoms with Gasteiger partial charge in [0.25, 0.3) is 11.8 Å². The summed E-state index contributed by atoms with van der Waals surface area (Å²) in [7, 11) is 2.81. The van der Waals surface area contributed by atoms with Gasteiger partial charge in [0.1, 0.15) is 12.3 Å². The van der Waals surface area contributed by atoms with E-state index in [1.165, 1.54) is 32.4 Å². The second-order valence-corrected chi connectivity index (χ2v) is 7.10. The van der Waals surface area contributed by atoms with E-state index >= 15 is 0 Å². The molecule has 0 saturated heterocycles. The molecule has 0 saturated carbocycles. The molecule has 0 bridgehead atoms. The molecule has 7 nitrogen and oxygen atoms in total. The lowest BCUT2D eigenvalue weighted by Crippen LogP contribution is -2.39. The van der Waals surface area contributed by atoms with Gasteiger partial charge < -0.3 is 24.4 Å². The zero-order chi connectivity index (χ0) is 24.4. The monoisotopic (exact) mass is 468 g/mol. The van der Waals surface area contributed by atoms with Crippen LogP contribution >= 0.6 is 0 Å². The Bertz CT molecular complexity index is 950. The molecular formula is C23H27F3N2O5. The Morgan fingerprint density at radius 1 is 1.00 bits per heavy atom. The summed E-state index contributed by atoms with van der Waals surface area (Å²) in [6, 6.07) is 10.9. The predicted molar refractivity (Wildman–Crippen MR) is 117 cm³/mol. The van der Waals surface area contributed by atoms with Crippen molar-refractivity contribution in [3.63, 3.8) is 0 Å². The summed E-state index contributed by atoms with van der Waals surface area (Å²) >= 11 is 0. The minimum atomic E-state index is -4.51. The number of nitrogens with one attached hydrogen (secondary N) is 1. The topological polar surface area (TPSA) is 77.1 Å². The molecule has 0 aliphatic heterocycles. The average Bonchev–Trinajstić information content (AvgIpc) is 2.79. The van der Waals surface area contributed by atoms with E-state index in [1.54, 1.807) is 24.3 Å². The van der Waals surface area contributed by atoms with Crippen LogP contribution in [0.1, 0.15) is 30.1 Å². The van der Waals surface area contributed by atoms with Gasteiger partial charge in [-0.2, -0.15) is 13.2 Å². The summed E-state index contributed by atoms with van der Waals surface area (Å²) in [5.41, 5.74) is 0.497. The number of nitrogens with zero attached hydrogens (tertiary/aromatic N) is 1. The van der Waals surface area contributed by atoms with E-state index < -0.39 is 24.5 Å². The van der Waals surface area contributed by atoms with Crippen molar-refractivity contribution in [3.05, 3.63) is 48.0 Å². The first-order valence-corrected chi connectivity index (χ1v) is 10.3. The molecule has 2 aromatic carbocycles. The number of alkyl halides is 3. The summed E-state index contributed by atoms with van der Waals surface area (Å²) < 4.78 is 54.6. The summed E-state index contributed by atoms with van der Waals surface area (Å²) in [5.74, 6) is -0.455. The molecule has 2 amide bonds. The lowest BCUT2D eigenvalue weighted by molar-refractivity contribution is -0.140. The molecule has 0 aliphatic carbocycles. The number of unbranched alkanes of at least 4 members (excludes halogenated alkanes) is 1. The number of hydrogen-bond donors (Lipinski definition) is 1. The number of carbonyl (C=O) groups is 2. The fourth-order valence-corrected chi connectivity index (χ4v) is 3.00. The molecule has 0 aromatic heterocycles. The van der Waals surface area contributed by atoms with Crippen LogP contribution < -0.4 is 19.5 Å². The highest BCUT2D eigenvalue weighted by Gasteiger charge is 2.33. The molecule has 180 valence electrons. The van der Waals surface area contributed by atoms with E-state index in [2.05, 4.69) is 5.32 Å². The van der Waals surface area contributed by atoms with Crippen molar-refractivity contribution in [2.45, 2.75) is 25.9 Å². The van der Waals surface area contributed by atoms with Gasteiger partial charge in [-0.15, -0.1) is 0 Å². The second-order valence-electron chi connectivity index (χ2n) is 7.10. The first-order valence-electron chi connectivity index (χ1n) is 10.3. The molecule has 0 spiro atoms. The first-order chi connectivity index (χ1) is 15.7. The number of ether oxygens (including phenoxy) is 3. The summed E-state index contributed by atoms with van der Waals surface area (Å²) in [5, 5.41) is 2.66. The van der Waals surface area contributed by atoms with Gasteiger partial charge >= 0.3 is 6.18 Å². The summed E-state index contributed by atoms with van der Waals surface area (Å²) in [6.07, 6.45) is -3.42. The third-order valence-corrected chi connectivity index (χ3v) is 4.59. The molecule has 33 heavy (non-hydrogen) atoms. The molecule has 2 aromatic rings. The van der Waals surface area contributed by atoms with Crippen molar-refractivity contribution in [1.82, 2.24) is 4.90 Å². The number of methoxy groups -OCH3 is 2. The number of rotatable bonds is 11. The van der Waals surface area contributed by atoms with Gasteiger partial charge in [-0.3, -0.25) is 9.59 Å². The number of anilines is 1. The molecule has 10 heteroatoms.